The summed E-state index contributed by atoms with van der Waals surface area (Å²) in [5.74, 6) is 0. The summed E-state index contributed by atoms with van der Waals surface area (Å²) in [6.45, 7) is 20.6. The topological polar surface area (TPSA) is 0 Å². The second-order valence-electron chi connectivity index (χ2n) is 10.3. The first-order valence-electron chi connectivity index (χ1n) is 12.3. The van der Waals surface area contributed by atoms with Crippen molar-refractivity contribution >= 4 is 7.85 Å². The Balaban J connectivity index is 2.62. The van der Waals surface area contributed by atoms with Crippen LogP contribution in [0.3, 0.4) is 0 Å². The SMILES string of the molecule is BCCCC(c1c(C)cc(C)cc1C)(c1c(C)cc(C)cc1C)c1c(C)cc(C)cc1C. The molecule has 3 aromatic rings. The summed E-state index contributed by atoms with van der Waals surface area (Å²) in [5.41, 5.74) is 16.9. The first kappa shape index (κ1) is 24.4. The highest BCUT2D eigenvalue weighted by atomic mass is 14.4. The normalized spacial score (nSPS) is 11.8. The summed E-state index contributed by atoms with van der Waals surface area (Å²) >= 11 is 0. The van der Waals surface area contributed by atoms with Gasteiger partial charge >= 0.3 is 0 Å². The molecular weight excluding hydrogens is 383 g/mol. The van der Waals surface area contributed by atoms with Crippen molar-refractivity contribution in [2.75, 3.05) is 0 Å². The molecule has 3 rings (SSSR count). The molecule has 168 valence electrons. The third kappa shape index (κ3) is 4.19. The van der Waals surface area contributed by atoms with E-state index < -0.39 is 0 Å². The lowest BCUT2D eigenvalue weighted by molar-refractivity contribution is 0.532. The van der Waals surface area contributed by atoms with E-state index in [0.717, 1.165) is 6.42 Å². The van der Waals surface area contributed by atoms with Crippen molar-refractivity contribution in [3.8, 4) is 0 Å². The molecule has 0 saturated carbocycles. The number of aryl methyl sites for hydroxylation is 9. The van der Waals surface area contributed by atoms with Crippen LogP contribution in [0, 0.1) is 62.3 Å². The van der Waals surface area contributed by atoms with Crippen LogP contribution in [0.2, 0.25) is 6.32 Å². The maximum atomic E-state index is 2.39. The average molecular weight is 424 g/mol. The van der Waals surface area contributed by atoms with E-state index in [1.165, 1.54) is 79.5 Å². The largest absolute Gasteiger partial charge is 0.101 e. The predicted molar refractivity (Wildman–Crippen MR) is 144 cm³/mol. The van der Waals surface area contributed by atoms with E-state index >= 15 is 0 Å². The summed E-state index contributed by atoms with van der Waals surface area (Å²) in [6, 6.07) is 14.3. The average Bonchev–Trinajstić information content (AvgIpc) is 2.63. The molecule has 0 aromatic heterocycles. The highest BCUT2D eigenvalue weighted by Crippen LogP contribution is 2.50. The Kier molecular flexibility index (Phi) is 7.08. The van der Waals surface area contributed by atoms with E-state index in [1.807, 2.05) is 0 Å². The quantitative estimate of drug-likeness (QED) is 0.282. The van der Waals surface area contributed by atoms with Gasteiger partial charge in [0.15, 0.2) is 0 Å². The van der Waals surface area contributed by atoms with Crippen molar-refractivity contribution in [2.24, 2.45) is 0 Å². The lowest BCUT2D eigenvalue weighted by Crippen LogP contribution is -2.35. The lowest BCUT2D eigenvalue weighted by atomic mass is 9.60. The second kappa shape index (κ2) is 9.30. The Morgan fingerprint density at radius 3 is 0.969 bits per heavy atom. The van der Waals surface area contributed by atoms with Gasteiger partial charge in [0.05, 0.1) is 0 Å². The Hall–Kier alpha value is -2.28. The first-order valence-corrected chi connectivity index (χ1v) is 12.3. The zero-order valence-electron chi connectivity index (χ0n) is 22.1. The maximum absolute atomic E-state index is 2.39. The fourth-order valence-electron chi connectivity index (χ4n) is 6.75. The molecule has 0 nitrogen and oxygen atoms in total. The van der Waals surface area contributed by atoms with E-state index in [0.29, 0.717) is 0 Å². The van der Waals surface area contributed by atoms with E-state index in [9.17, 15) is 0 Å². The van der Waals surface area contributed by atoms with Gasteiger partial charge in [0.2, 0.25) is 0 Å². The van der Waals surface area contributed by atoms with Gasteiger partial charge in [0, 0.05) is 5.41 Å². The van der Waals surface area contributed by atoms with Crippen LogP contribution in [0.15, 0.2) is 36.4 Å². The van der Waals surface area contributed by atoms with Crippen LogP contribution in [0.4, 0.5) is 0 Å². The fourth-order valence-corrected chi connectivity index (χ4v) is 6.75. The van der Waals surface area contributed by atoms with Gasteiger partial charge in [-0.1, -0.05) is 65.8 Å². The molecule has 0 fully saturated rings. The van der Waals surface area contributed by atoms with Gasteiger partial charge in [-0.3, -0.25) is 0 Å². The molecule has 0 N–H and O–H groups in total. The minimum Gasteiger partial charge on any atom is -0.0810 e. The van der Waals surface area contributed by atoms with E-state index in [-0.39, 0.29) is 5.41 Å². The molecule has 32 heavy (non-hydrogen) atoms. The molecule has 0 atom stereocenters. The van der Waals surface area contributed by atoms with Gasteiger partial charge in [-0.05, 0) is 119 Å². The standard InChI is InChI=1S/C31H41B/c1-19-13-22(4)28(23(5)14-19)31(11-10-12-32,29-24(6)15-20(2)16-25(29)7)30-26(8)17-21(3)18-27(30)9/h13-18H,10-12,32H2,1-9H3. The van der Waals surface area contributed by atoms with Crippen LogP contribution >= 0.6 is 0 Å². The molecule has 0 saturated heterocycles. The van der Waals surface area contributed by atoms with Gasteiger partial charge in [-0.25, -0.2) is 0 Å². The predicted octanol–water partition coefficient (Wildman–Crippen LogP) is 7.63. The Labute approximate surface area is 197 Å². The molecule has 0 aliphatic heterocycles. The van der Waals surface area contributed by atoms with Crippen molar-refractivity contribution in [1.29, 1.82) is 0 Å². The third-order valence-corrected chi connectivity index (χ3v) is 7.22. The van der Waals surface area contributed by atoms with Crippen LogP contribution < -0.4 is 0 Å². The Morgan fingerprint density at radius 1 is 0.500 bits per heavy atom. The van der Waals surface area contributed by atoms with Gasteiger partial charge < -0.3 is 0 Å². The second-order valence-corrected chi connectivity index (χ2v) is 10.3. The van der Waals surface area contributed by atoms with Gasteiger partial charge in [-0.2, -0.15) is 0 Å². The molecule has 0 unspecified atom stereocenters. The molecule has 1 heteroatoms. The van der Waals surface area contributed by atoms with Crippen LogP contribution in [-0.4, -0.2) is 7.85 Å². The summed E-state index contributed by atoms with van der Waals surface area (Å²) in [6.07, 6.45) is 3.52. The summed E-state index contributed by atoms with van der Waals surface area (Å²) in [4.78, 5) is 0. The summed E-state index contributed by atoms with van der Waals surface area (Å²) in [7, 11) is 2.32. The Morgan fingerprint density at radius 2 is 0.750 bits per heavy atom. The van der Waals surface area contributed by atoms with Crippen LogP contribution in [0.1, 0.15) is 79.6 Å². The number of benzene rings is 3. The number of rotatable bonds is 6. The smallest absolute Gasteiger partial charge is 0.0810 e. The van der Waals surface area contributed by atoms with Crippen LogP contribution in [0.5, 0.6) is 0 Å². The zero-order chi connectivity index (χ0) is 23.8. The van der Waals surface area contributed by atoms with Gasteiger partial charge in [0.25, 0.3) is 0 Å². The fraction of sp³-hybridized carbons (Fsp3) is 0.419. The van der Waals surface area contributed by atoms with E-state index in [4.69, 9.17) is 0 Å². The highest BCUT2D eigenvalue weighted by Gasteiger charge is 2.42. The van der Waals surface area contributed by atoms with E-state index in [2.05, 4.69) is 107 Å². The molecule has 0 amide bonds. The summed E-state index contributed by atoms with van der Waals surface area (Å²) in [5, 5.41) is 0. The molecular formula is C31H41B. The molecule has 0 heterocycles. The first-order chi connectivity index (χ1) is 15.0. The molecule has 3 aromatic carbocycles. The van der Waals surface area contributed by atoms with Crippen molar-refractivity contribution < 1.29 is 0 Å². The van der Waals surface area contributed by atoms with Crippen molar-refractivity contribution in [2.45, 2.75) is 86.9 Å². The van der Waals surface area contributed by atoms with Crippen molar-refractivity contribution in [3.63, 3.8) is 0 Å². The highest BCUT2D eigenvalue weighted by molar-refractivity contribution is 6.08. The minimum atomic E-state index is -0.151. The van der Waals surface area contributed by atoms with Crippen LogP contribution in [0.25, 0.3) is 0 Å². The Bertz CT molecular complexity index is 941. The maximum Gasteiger partial charge on any atom is 0.101 e. The lowest BCUT2D eigenvalue weighted by Gasteiger charge is -2.43. The third-order valence-electron chi connectivity index (χ3n) is 7.22. The molecule has 0 aliphatic carbocycles. The molecule has 0 aliphatic rings. The molecule has 0 bridgehead atoms. The van der Waals surface area contributed by atoms with Crippen molar-refractivity contribution in [3.05, 3.63) is 103 Å². The van der Waals surface area contributed by atoms with Crippen LogP contribution in [-0.2, 0) is 5.41 Å². The monoisotopic (exact) mass is 424 g/mol. The number of hydrogen-bond donors (Lipinski definition) is 0. The van der Waals surface area contributed by atoms with Gasteiger partial charge in [-0.15, -0.1) is 0 Å². The minimum absolute atomic E-state index is 0.151. The molecule has 0 radical (unpaired) electrons. The van der Waals surface area contributed by atoms with Gasteiger partial charge in [0.1, 0.15) is 7.85 Å². The number of hydrogen-bond acceptors (Lipinski definition) is 0. The molecule has 0 spiro atoms. The zero-order valence-corrected chi connectivity index (χ0v) is 22.1. The van der Waals surface area contributed by atoms with Crippen molar-refractivity contribution in [1.82, 2.24) is 0 Å². The summed E-state index contributed by atoms with van der Waals surface area (Å²) < 4.78 is 0. The van der Waals surface area contributed by atoms with E-state index in [1.54, 1.807) is 0 Å².